The molecule has 0 atom stereocenters. The van der Waals surface area contributed by atoms with Crippen molar-refractivity contribution < 1.29 is 4.39 Å². The van der Waals surface area contributed by atoms with Gasteiger partial charge in [-0.25, -0.2) is 4.39 Å². The average Bonchev–Trinajstić information content (AvgIpc) is 2.44. The van der Waals surface area contributed by atoms with E-state index in [1.54, 1.807) is 12.3 Å². The molecule has 0 amide bonds. The van der Waals surface area contributed by atoms with Crippen LogP contribution in [-0.4, -0.2) is 4.98 Å². The Morgan fingerprint density at radius 1 is 1.10 bits per heavy atom. The van der Waals surface area contributed by atoms with Gasteiger partial charge in [-0.05, 0) is 50.1 Å². The predicted octanol–water partition coefficient (Wildman–Crippen LogP) is 5.22. The van der Waals surface area contributed by atoms with E-state index >= 15 is 0 Å². The third kappa shape index (κ3) is 2.87. The summed E-state index contributed by atoms with van der Waals surface area (Å²) in [4.78, 5) is 4.41. The number of nitrogens with one attached hydrogen (secondary N) is 1. The molecule has 0 aliphatic rings. The second kappa shape index (κ2) is 5.61. The Kier molecular flexibility index (Phi) is 3.82. The van der Waals surface area contributed by atoms with Gasteiger partial charge in [-0.3, -0.25) is 4.98 Å². The largest absolute Gasteiger partial charge is 0.397 e. The number of nitrogen functional groups attached to an aromatic ring is 1. The Morgan fingerprint density at radius 3 is 2.71 bits per heavy atom. The highest BCUT2D eigenvalue weighted by Crippen LogP contribution is 2.32. The van der Waals surface area contributed by atoms with Crippen LogP contribution in [0.3, 0.4) is 0 Å². The Morgan fingerprint density at radius 2 is 1.90 bits per heavy atom. The number of nitrogens with two attached hydrogens (primary N) is 1. The number of rotatable bonds is 2. The number of benzene rings is 2. The quantitative estimate of drug-likeness (QED) is 0.569. The van der Waals surface area contributed by atoms with Crippen LogP contribution in [0, 0.1) is 5.82 Å². The molecule has 0 saturated heterocycles. The molecule has 0 spiro atoms. The highest BCUT2D eigenvalue weighted by molar-refractivity contribution is 9.10. The number of anilines is 3. The molecule has 3 rings (SSSR count). The molecule has 0 unspecified atom stereocenters. The Bertz CT molecular complexity index is 837. The zero-order chi connectivity index (χ0) is 15.0. The first-order valence-corrected chi connectivity index (χ1v) is 7.69. The maximum absolute atomic E-state index is 13.4. The van der Waals surface area contributed by atoms with Crippen LogP contribution in [0.4, 0.5) is 21.5 Å². The number of pyridine rings is 1. The molecule has 3 N–H and O–H groups in total. The standard InChI is InChI=1S/C15H10Br2FN3/c16-9-4-8-2-1-3-13(15(8)20-7-9)21-14-5-10(17)11(18)6-12(14)19/h1-7,21H,19H2. The first kappa shape index (κ1) is 14.3. The first-order valence-electron chi connectivity index (χ1n) is 6.10. The summed E-state index contributed by atoms with van der Waals surface area (Å²) in [5, 5.41) is 4.20. The van der Waals surface area contributed by atoms with E-state index in [9.17, 15) is 4.39 Å². The predicted molar refractivity (Wildman–Crippen MR) is 91.2 cm³/mol. The molecule has 6 heteroatoms. The molecule has 1 aromatic heterocycles. The van der Waals surface area contributed by atoms with Crippen molar-refractivity contribution >= 4 is 59.8 Å². The van der Waals surface area contributed by atoms with Crippen molar-refractivity contribution in [3.05, 3.63) is 57.4 Å². The number of hydrogen-bond donors (Lipinski definition) is 2. The highest BCUT2D eigenvalue weighted by atomic mass is 79.9. The monoisotopic (exact) mass is 409 g/mol. The topological polar surface area (TPSA) is 50.9 Å². The summed E-state index contributed by atoms with van der Waals surface area (Å²) in [7, 11) is 0. The van der Waals surface area contributed by atoms with Crippen molar-refractivity contribution in [2.24, 2.45) is 0 Å². The SMILES string of the molecule is Nc1cc(F)c(Br)cc1Nc1cccc2cc(Br)cnc12. The van der Waals surface area contributed by atoms with Crippen LogP contribution in [0.25, 0.3) is 10.9 Å². The number of fused-ring (bicyclic) bond motifs is 1. The number of hydrogen-bond acceptors (Lipinski definition) is 3. The molecule has 106 valence electrons. The third-order valence-corrected chi connectivity index (χ3v) is 4.08. The molecule has 0 radical (unpaired) electrons. The highest BCUT2D eigenvalue weighted by Gasteiger charge is 2.08. The van der Waals surface area contributed by atoms with Crippen molar-refractivity contribution in [2.75, 3.05) is 11.1 Å². The van der Waals surface area contributed by atoms with Crippen molar-refractivity contribution in [1.29, 1.82) is 0 Å². The number of halogens is 3. The lowest BCUT2D eigenvalue weighted by Gasteiger charge is -2.12. The lowest BCUT2D eigenvalue weighted by molar-refractivity contribution is 0.622. The van der Waals surface area contributed by atoms with Crippen molar-refractivity contribution in [3.8, 4) is 0 Å². The molecule has 1 heterocycles. The van der Waals surface area contributed by atoms with Crippen LogP contribution in [0.15, 0.2) is 51.5 Å². The van der Waals surface area contributed by atoms with E-state index in [0.29, 0.717) is 15.8 Å². The van der Waals surface area contributed by atoms with E-state index in [0.717, 1.165) is 21.1 Å². The lowest BCUT2D eigenvalue weighted by atomic mass is 10.2. The summed E-state index contributed by atoms with van der Waals surface area (Å²) in [6.07, 6.45) is 1.73. The van der Waals surface area contributed by atoms with Crippen LogP contribution in [0.5, 0.6) is 0 Å². The fourth-order valence-corrected chi connectivity index (χ4v) is 2.74. The second-order valence-corrected chi connectivity index (χ2v) is 6.28. The van der Waals surface area contributed by atoms with Gasteiger partial charge >= 0.3 is 0 Å². The van der Waals surface area contributed by atoms with E-state index in [-0.39, 0.29) is 0 Å². The van der Waals surface area contributed by atoms with E-state index in [2.05, 4.69) is 42.2 Å². The summed E-state index contributed by atoms with van der Waals surface area (Å²) in [5.41, 5.74) is 8.45. The molecule has 0 saturated carbocycles. The summed E-state index contributed by atoms with van der Waals surface area (Å²) in [5.74, 6) is -0.391. The maximum atomic E-state index is 13.4. The molecule has 0 aliphatic heterocycles. The zero-order valence-electron chi connectivity index (χ0n) is 10.7. The average molecular weight is 411 g/mol. The Labute approximate surface area is 137 Å². The van der Waals surface area contributed by atoms with Crippen LogP contribution in [-0.2, 0) is 0 Å². The van der Waals surface area contributed by atoms with E-state index < -0.39 is 5.82 Å². The van der Waals surface area contributed by atoms with Gasteiger partial charge in [0, 0.05) is 22.1 Å². The first-order chi connectivity index (χ1) is 10.0. The minimum Gasteiger partial charge on any atom is -0.397 e. The van der Waals surface area contributed by atoms with E-state index in [1.807, 2.05) is 24.3 Å². The van der Waals surface area contributed by atoms with Gasteiger partial charge in [0.2, 0.25) is 0 Å². The molecule has 0 aliphatic carbocycles. The second-order valence-electron chi connectivity index (χ2n) is 4.51. The van der Waals surface area contributed by atoms with Gasteiger partial charge in [0.1, 0.15) is 5.82 Å². The minimum atomic E-state index is -0.391. The Hall–Kier alpha value is -1.66. The number of aromatic nitrogens is 1. The summed E-state index contributed by atoms with van der Waals surface area (Å²) in [6.45, 7) is 0. The van der Waals surface area contributed by atoms with Gasteiger partial charge in [-0.1, -0.05) is 12.1 Å². The number of para-hydroxylation sites is 1. The molecular weight excluding hydrogens is 401 g/mol. The molecule has 3 aromatic rings. The molecule has 3 nitrogen and oxygen atoms in total. The van der Waals surface area contributed by atoms with Crippen LogP contribution >= 0.6 is 31.9 Å². The molecule has 0 fully saturated rings. The summed E-state index contributed by atoms with van der Waals surface area (Å²) < 4.78 is 14.7. The van der Waals surface area contributed by atoms with Gasteiger partial charge in [0.05, 0.1) is 27.1 Å². The van der Waals surface area contributed by atoms with Gasteiger partial charge in [0.25, 0.3) is 0 Å². The lowest BCUT2D eigenvalue weighted by Crippen LogP contribution is -1.99. The van der Waals surface area contributed by atoms with Gasteiger partial charge in [0.15, 0.2) is 0 Å². The van der Waals surface area contributed by atoms with E-state index in [4.69, 9.17) is 5.73 Å². The summed E-state index contributed by atoms with van der Waals surface area (Å²) in [6, 6.07) is 10.7. The number of nitrogens with zero attached hydrogens (tertiary/aromatic N) is 1. The molecular formula is C15H10Br2FN3. The zero-order valence-corrected chi connectivity index (χ0v) is 13.9. The van der Waals surface area contributed by atoms with Crippen molar-refractivity contribution in [2.45, 2.75) is 0 Å². The molecule has 2 aromatic carbocycles. The third-order valence-electron chi connectivity index (χ3n) is 3.04. The van der Waals surface area contributed by atoms with Crippen LogP contribution < -0.4 is 11.1 Å². The van der Waals surface area contributed by atoms with Gasteiger partial charge < -0.3 is 11.1 Å². The van der Waals surface area contributed by atoms with Gasteiger partial charge in [-0.15, -0.1) is 0 Å². The van der Waals surface area contributed by atoms with Crippen molar-refractivity contribution in [1.82, 2.24) is 4.98 Å². The normalized spacial score (nSPS) is 10.8. The van der Waals surface area contributed by atoms with Crippen molar-refractivity contribution in [3.63, 3.8) is 0 Å². The van der Waals surface area contributed by atoms with Gasteiger partial charge in [-0.2, -0.15) is 0 Å². The fourth-order valence-electron chi connectivity index (χ4n) is 2.05. The molecule has 21 heavy (non-hydrogen) atoms. The van der Waals surface area contributed by atoms with E-state index in [1.165, 1.54) is 6.07 Å². The fraction of sp³-hybridized carbons (Fsp3) is 0. The van der Waals surface area contributed by atoms with Crippen LogP contribution in [0.1, 0.15) is 0 Å². The summed E-state index contributed by atoms with van der Waals surface area (Å²) >= 11 is 6.56. The maximum Gasteiger partial charge on any atom is 0.139 e. The smallest absolute Gasteiger partial charge is 0.139 e. The minimum absolute atomic E-state index is 0.338. The Balaban J connectivity index is 2.08. The molecule has 0 bridgehead atoms. The van der Waals surface area contributed by atoms with Crippen LogP contribution in [0.2, 0.25) is 0 Å².